The van der Waals surface area contributed by atoms with E-state index >= 15 is 0 Å². The molecule has 0 atom stereocenters. The number of hydrogen-bond donors (Lipinski definition) is 2. The molecule has 2 aromatic rings. The summed E-state index contributed by atoms with van der Waals surface area (Å²) in [7, 11) is 0. The van der Waals surface area contributed by atoms with Gasteiger partial charge in [0.2, 0.25) is 0 Å². The van der Waals surface area contributed by atoms with Crippen LogP contribution >= 0.6 is 27.3 Å². The van der Waals surface area contributed by atoms with Crippen molar-refractivity contribution in [2.24, 2.45) is 0 Å². The monoisotopic (exact) mass is 383 g/mol. The van der Waals surface area contributed by atoms with Crippen molar-refractivity contribution in [3.05, 3.63) is 32.2 Å². The van der Waals surface area contributed by atoms with Crippen molar-refractivity contribution in [3.63, 3.8) is 0 Å². The highest BCUT2D eigenvalue weighted by Crippen LogP contribution is 2.21. The summed E-state index contributed by atoms with van der Waals surface area (Å²) in [6, 6.07) is 2.34. The summed E-state index contributed by atoms with van der Waals surface area (Å²) in [5.41, 5.74) is 1.27. The van der Waals surface area contributed by atoms with Gasteiger partial charge in [0.1, 0.15) is 0 Å². The van der Waals surface area contributed by atoms with Crippen molar-refractivity contribution >= 4 is 33.2 Å². The van der Waals surface area contributed by atoms with Crippen LogP contribution in [0, 0.1) is 6.92 Å². The molecule has 1 aliphatic rings. The van der Waals surface area contributed by atoms with Gasteiger partial charge in [-0.05, 0) is 54.9 Å². The molecule has 118 valence electrons. The van der Waals surface area contributed by atoms with Crippen LogP contribution in [0.1, 0.15) is 39.9 Å². The SMILES string of the molecule is Cc1c(C(=O)NCc2cc(Br)cs2)nnn1C1CCNCC1. The minimum absolute atomic E-state index is 0.165. The van der Waals surface area contributed by atoms with Gasteiger partial charge in [0.05, 0.1) is 18.3 Å². The van der Waals surface area contributed by atoms with Gasteiger partial charge in [0.15, 0.2) is 5.69 Å². The first-order chi connectivity index (χ1) is 10.6. The van der Waals surface area contributed by atoms with Gasteiger partial charge in [-0.1, -0.05) is 5.21 Å². The first-order valence-electron chi connectivity index (χ1n) is 7.29. The van der Waals surface area contributed by atoms with Crippen molar-refractivity contribution in [2.45, 2.75) is 32.4 Å². The second-order valence-corrected chi connectivity index (χ2v) is 7.27. The Hall–Kier alpha value is -1.25. The Morgan fingerprint density at radius 3 is 3.00 bits per heavy atom. The van der Waals surface area contributed by atoms with E-state index in [2.05, 4.69) is 36.9 Å². The lowest BCUT2D eigenvalue weighted by atomic mass is 10.1. The van der Waals surface area contributed by atoms with Crippen molar-refractivity contribution in [1.29, 1.82) is 0 Å². The topological polar surface area (TPSA) is 71.8 Å². The largest absolute Gasteiger partial charge is 0.346 e. The summed E-state index contributed by atoms with van der Waals surface area (Å²) in [5.74, 6) is -0.165. The van der Waals surface area contributed by atoms with E-state index in [0.717, 1.165) is 41.0 Å². The minimum Gasteiger partial charge on any atom is -0.346 e. The van der Waals surface area contributed by atoms with Gasteiger partial charge >= 0.3 is 0 Å². The van der Waals surface area contributed by atoms with Gasteiger partial charge in [-0.3, -0.25) is 4.79 Å². The predicted molar refractivity (Wildman–Crippen MR) is 89.1 cm³/mol. The summed E-state index contributed by atoms with van der Waals surface area (Å²) in [6.45, 7) is 4.39. The molecule has 3 rings (SSSR count). The number of hydrogen-bond acceptors (Lipinski definition) is 5. The van der Waals surface area contributed by atoms with Crippen LogP contribution in [0.5, 0.6) is 0 Å². The van der Waals surface area contributed by atoms with Crippen molar-refractivity contribution in [1.82, 2.24) is 25.6 Å². The van der Waals surface area contributed by atoms with Crippen molar-refractivity contribution in [3.8, 4) is 0 Å². The maximum atomic E-state index is 12.3. The number of halogens is 1. The van der Waals surface area contributed by atoms with E-state index in [1.54, 1.807) is 11.3 Å². The lowest BCUT2D eigenvalue weighted by molar-refractivity contribution is 0.0945. The molecule has 2 N–H and O–H groups in total. The highest BCUT2D eigenvalue weighted by molar-refractivity contribution is 9.10. The molecule has 0 aliphatic carbocycles. The Morgan fingerprint density at radius 2 is 2.32 bits per heavy atom. The fourth-order valence-corrected chi connectivity index (χ4v) is 4.04. The molecular formula is C14H18BrN5OS. The molecule has 0 spiro atoms. The third-order valence-electron chi connectivity index (χ3n) is 3.84. The van der Waals surface area contributed by atoms with Crippen LogP contribution in [0.15, 0.2) is 15.9 Å². The van der Waals surface area contributed by atoms with Gasteiger partial charge < -0.3 is 10.6 Å². The molecule has 0 aromatic carbocycles. The average molecular weight is 384 g/mol. The Labute approximate surface area is 141 Å². The van der Waals surface area contributed by atoms with Gasteiger partial charge in [0, 0.05) is 14.7 Å². The molecule has 1 aliphatic heterocycles. The number of aromatic nitrogens is 3. The molecule has 0 unspecified atom stereocenters. The number of piperidine rings is 1. The fraction of sp³-hybridized carbons (Fsp3) is 0.500. The third kappa shape index (κ3) is 3.39. The van der Waals surface area contributed by atoms with E-state index in [1.807, 2.05) is 23.1 Å². The number of carbonyl (C=O) groups excluding carboxylic acids is 1. The minimum atomic E-state index is -0.165. The van der Waals surface area contributed by atoms with E-state index in [4.69, 9.17) is 0 Å². The smallest absolute Gasteiger partial charge is 0.274 e. The molecule has 0 bridgehead atoms. The molecule has 1 saturated heterocycles. The summed E-state index contributed by atoms with van der Waals surface area (Å²) < 4.78 is 2.94. The normalized spacial score (nSPS) is 15.9. The summed E-state index contributed by atoms with van der Waals surface area (Å²) in [4.78, 5) is 13.4. The van der Waals surface area contributed by atoms with E-state index in [0.29, 0.717) is 18.3 Å². The molecular weight excluding hydrogens is 366 g/mol. The molecule has 0 saturated carbocycles. The number of carbonyl (C=O) groups is 1. The van der Waals surface area contributed by atoms with Crippen LogP contribution in [0.4, 0.5) is 0 Å². The second kappa shape index (κ2) is 6.89. The Bertz CT molecular complexity index is 662. The zero-order valence-electron chi connectivity index (χ0n) is 12.3. The maximum Gasteiger partial charge on any atom is 0.274 e. The number of amides is 1. The highest BCUT2D eigenvalue weighted by Gasteiger charge is 2.22. The van der Waals surface area contributed by atoms with Crippen molar-refractivity contribution < 1.29 is 4.79 Å². The Balaban J connectivity index is 1.66. The van der Waals surface area contributed by atoms with Crippen LogP contribution in [0.3, 0.4) is 0 Å². The predicted octanol–water partition coefficient (Wildman–Crippen LogP) is 2.27. The van der Waals surface area contributed by atoms with E-state index in [-0.39, 0.29) is 5.91 Å². The fourth-order valence-electron chi connectivity index (χ4n) is 2.65. The molecule has 2 aromatic heterocycles. The standard InChI is InChI=1S/C14H18BrN5OS/c1-9-13(14(21)17-7-12-6-10(15)8-22-12)18-19-20(9)11-2-4-16-5-3-11/h6,8,11,16H,2-5,7H2,1H3,(H,17,21). The quantitative estimate of drug-likeness (QED) is 0.849. The molecule has 0 radical (unpaired) electrons. The second-order valence-electron chi connectivity index (χ2n) is 5.36. The average Bonchev–Trinajstić information content (AvgIpc) is 3.12. The van der Waals surface area contributed by atoms with Crippen LogP contribution < -0.4 is 10.6 Å². The molecule has 1 fully saturated rings. The molecule has 22 heavy (non-hydrogen) atoms. The first kappa shape index (κ1) is 15.6. The summed E-state index contributed by atoms with van der Waals surface area (Å²) in [5, 5.41) is 16.5. The first-order valence-corrected chi connectivity index (χ1v) is 8.96. The van der Waals surface area contributed by atoms with Crippen LogP contribution in [0.2, 0.25) is 0 Å². The maximum absolute atomic E-state index is 12.3. The molecule has 3 heterocycles. The van der Waals surface area contributed by atoms with Crippen LogP contribution in [-0.2, 0) is 6.54 Å². The molecule has 1 amide bonds. The lowest BCUT2D eigenvalue weighted by Crippen LogP contribution is -2.30. The van der Waals surface area contributed by atoms with Crippen LogP contribution in [0.25, 0.3) is 0 Å². The zero-order chi connectivity index (χ0) is 15.5. The number of rotatable bonds is 4. The van der Waals surface area contributed by atoms with Gasteiger partial charge in [-0.25, -0.2) is 4.68 Å². The molecule has 6 nitrogen and oxygen atoms in total. The van der Waals surface area contributed by atoms with Gasteiger partial charge in [-0.2, -0.15) is 0 Å². The van der Waals surface area contributed by atoms with Gasteiger partial charge in [-0.15, -0.1) is 16.4 Å². The van der Waals surface area contributed by atoms with Crippen molar-refractivity contribution in [2.75, 3.05) is 13.1 Å². The zero-order valence-corrected chi connectivity index (χ0v) is 14.7. The lowest BCUT2D eigenvalue weighted by Gasteiger charge is -2.23. The Kier molecular flexibility index (Phi) is 4.90. The summed E-state index contributed by atoms with van der Waals surface area (Å²) >= 11 is 5.02. The number of thiophene rings is 1. The van der Waals surface area contributed by atoms with Crippen LogP contribution in [-0.4, -0.2) is 34.0 Å². The third-order valence-corrected chi connectivity index (χ3v) is 5.54. The highest BCUT2D eigenvalue weighted by atomic mass is 79.9. The molecule has 8 heteroatoms. The van der Waals surface area contributed by atoms with E-state index in [9.17, 15) is 4.79 Å². The van der Waals surface area contributed by atoms with E-state index < -0.39 is 0 Å². The van der Waals surface area contributed by atoms with Gasteiger partial charge in [0.25, 0.3) is 5.91 Å². The number of nitrogens with one attached hydrogen (secondary N) is 2. The number of nitrogens with zero attached hydrogens (tertiary/aromatic N) is 3. The van der Waals surface area contributed by atoms with E-state index in [1.165, 1.54) is 0 Å². The Morgan fingerprint density at radius 1 is 1.55 bits per heavy atom. The summed E-state index contributed by atoms with van der Waals surface area (Å²) in [6.07, 6.45) is 2.04.